The molecule has 176 valence electrons. The van der Waals surface area contributed by atoms with Crippen LogP contribution in [0.15, 0.2) is 48.5 Å². The number of aryl methyl sites for hydroxylation is 2. The lowest BCUT2D eigenvalue weighted by Gasteiger charge is -2.32. The van der Waals surface area contributed by atoms with Crippen molar-refractivity contribution in [1.29, 1.82) is 0 Å². The minimum absolute atomic E-state index is 0.386. The first kappa shape index (κ1) is 22.8. The van der Waals surface area contributed by atoms with Crippen LogP contribution in [-0.2, 0) is 11.2 Å². The lowest BCUT2D eigenvalue weighted by atomic mass is 9.72. The number of ketones is 1. The van der Waals surface area contributed by atoms with Crippen molar-refractivity contribution in [1.82, 2.24) is 0 Å². The summed E-state index contributed by atoms with van der Waals surface area (Å²) < 4.78 is 5.60. The van der Waals surface area contributed by atoms with E-state index in [1.54, 1.807) is 0 Å². The van der Waals surface area contributed by atoms with Gasteiger partial charge in [0.1, 0.15) is 18.1 Å². The van der Waals surface area contributed by atoms with E-state index in [2.05, 4.69) is 50.6 Å². The minimum Gasteiger partial charge on any atom is -0.488 e. The van der Waals surface area contributed by atoms with Gasteiger partial charge < -0.3 is 4.74 Å². The molecule has 0 N–H and O–H groups in total. The summed E-state index contributed by atoms with van der Waals surface area (Å²) in [5.74, 6) is 2.98. The van der Waals surface area contributed by atoms with Gasteiger partial charge in [0.2, 0.25) is 0 Å². The molecule has 34 heavy (non-hydrogen) atoms. The fraction of sp³-hybridized carbons (Fsp3) is 0.419. The third-order valence-corrected chi connectivity index (χ3v) is 7.94. The number of benzene rings is 2. The van der Waals surface area contributed by atoms with Crippen LogP contribution in [0.2, 0.25) is 0 Å². The highest BCUT2D eigenvalue weighted by molar-refractivity contribution is 5.85. The number of ether oxygens (including phenoxy) is 1. The van der Waals surface area contributed by atoms with Crippen LogP contribution in [0.25, 0.3) is 11.6 Å². The normalized spacial score (nSPS) is 22.9. The molecule has 2 aliphatic heterocycles. The van der Waals surface area contributed by atoms with Crippen molar-refractivity contribution < 1.29 is 9.53 Å². The third kappa shape index (κ3) is 4.66. The zero-order valence-corrected chi connectivity index (χ0v) is 20.3. The molecule has 3 atom stereocenters. The molecule has 1 aliphatic carbocycles. The first-order chi connectivity index (χ1) is 16.5. The number of carbonyl (C=O) groups is 1. The van der Waals surface area contributed by atoms with E-state index in [0.717, 1.165) is 41.0 Å². The number of aliphatic imine (C=N–C) groups is 1. The Balaban J connectivity index is 1.14. The van der Waals surface area contributed by atoms with E-state index < -0.39 is 0 Å². The predicted octanol–water partition coefficient (Wildman–Crippen LogP) is 7.63. The van der Waals surface area contributed by atoms with Gasteiger partial charge >= 0.3 is 0 Å². The van der Waals surface area contributed by atoms with Crippen LogP contribution in [0.1, 0.15) is 78.7 Å². The summed E-state index contributed by atoms with van der Waals surface area (Å²) in [7, 11) is 0. The Hall–Kier alpha value is -2.94. The zero-order valence-electron chi connectivity index (χ0n) is 20.3. The molecular weight excluding hydrogens is 418 g/mol. The molecule has 2 aromatic carbocycles. The number of rotatable bonds is 8. The summed E-state index contributed by atoms with van der Waals surface area (Å²) in [6, 6.07) is 10.7. The Kier molecular flexibility index (Phi) is 6.54. The maximum Gasteiger partial charge on any atom is 0.133 e. The van der Waals surface area contributed by atoms with Crippen molar-refractivity contribution in [2.24, 2.45) is 16.8 Å². The number of carbonyl (C=O) groups excluding carboxylic acids is 1. The molecule has 2 aromatic rings. The molecule has 3 nitrogen and oxygen atoms in total. The van der Waals surface area contributed by atoms with E-state index in [9.17, 15) is 4.79 Å². The van der Waals surface area contributed by atoms with Crippen molar-refractivity contribution in [2.45, 2.75) is 64.2 Å². The lowest BCUT2D eigenvalue weighted by molar-refractivity contribution is -0.119. The molecule has 3 aliphatic rings. The molecule has 3 heteroatoms. The highest BCUT2D eigenvalue weighted by Gasteiger charge is 2.32. The van der Waals surface area contributed by atoms with Gasteiger partial charge in [-0.1, -0.05) is 49.8 Å². The summed E-state index contributed by atoms with van der Waals surface area (Å²) in [4.78, 5) is 17.5. The maximum atomic E-state index is 12.7. The van der Waals surface area contributed by atoms with Gasteiger partial charge in [0.15, 0.2) is 0 Å². The molecule has 1 unspecified atom stereocenters. The van der Waals surface area contributed by atoms with Crippen LogP contribution in [0.3, 0.4) is 0 Å². The van der Waals surface area contributed by atoms with Crippen LogP contribution < -0.4 is 4.74 Å². The molecule has 2 heterocycles. The first-order valence-corrected chi connectivity index (χ1v) is 12.8. The van der Waals surface area contributed by atoms with Crippen LogP contribution in [0.5, 0.6) is 5.75 Å². The topological polar surface area (TPSA) is 38.7 Å². The van der Waals surface area contributed by atoms with Crippen LogP contribution in [0, 0.1) is 18.8 Å². The molecule has 0 saturated heterocycles. The molecule has 0 aromatic heterocycles. The molecule has 0 spiro atoms. The van der Waals surface area contributed by atoms with Gasteiger partial charge in [-0.05, 0) is 79.3 Å². The molecule has 1 fully saturated rings. The third-order valence-electron chi connectivity index (χ3n) is 7.94. The first-order valence-electron chi connectivity index (χ1n) is 12.8. The standard InChI is InChI=1S/C31H35NO2/c1-4-24-14-20(2)15-28-29(18-32-31(24)28)25-7-5-6-22(16-25)8-11-26(33)12-9-23-10-13-30-27(17-23)21(3)19-34-30/h4,10,13-15,17-18,22,25,29H,1,3,5-9,11-12,16,19H2,2H3/t22-,25-,29?/m0/s1. The Bertz CT molecular complexity index is 1160. The van der Waals surface area contributed by atoms with Gasteiger partial charge in [0, 0.05) is 36.1 Å². The van der Waals surface area contributed by atoms with E-state index >= 15 is 0 Å². The van der Waals surface area contributed by atoms with Crippen molar-refractivity contribution >= 4 is 29.3 Å². The summed E-state index contributed by atoms with van der Waals surface area (Å²) in [6.07, 6.45) is 12.2. The van der Waals surface area contributed by atoms with Gasteiger partial charge in [0.05, 0.1) is 5.69 Å². The van der Waals surface area contributed by atoms with Gasteiger partial charge in [0.25, 0.3) is 0 Å². The van der Waals surface area contributed by atoms with E-state index in [-0.39, 0.29) is 0 Å². The van der Waals surface area contributed by atoms with E-state index in [4.69, 9.17) is 9.73 Å². The van der Waals surface area contributed by atoms with Crippen LogP contribution in [0.4, 0.5) is 5.69 Å². The second-order valence-electron chi connectivity index (χ2n) is 10.4. The van der Waals surface area contributed by atoms with Crippen LogP contribution in [-0.4, -0.2) is 18.6 Å². The van der Waals surface area contributed by atoms with Crippen molar-refractivity contribution in [2.75, 3.05) is 6.61 Å². The van der Waals surface area contributed by atoms with Crippen molar-refractivity contribution in [3.05, 3.63) is 71.3 Å². The summed E-state index contributed by atoms with van der Waals surface area (Å²) in [6.45, 7) is 10.8. The van der Waals surface area contributed by atoms with Gasteiger partial charge in [-0.25, -0.2) is 0 Å². The Labute approximate surface area is 203 Å². The fourth-order valence-corrected chi connectivity index (χ4v) is 6.08. The smallest absolute Gasteiger partial charge is 0.133 e. The SMILES string of the molecule is C=Cc1cc(C)cc2c1N=CC2[C@H]1CCC[C@@H](CCC(=O)CCc2ccc3c(c2)C(=C)CO3)C1. The summed E-state index contributed by atoms with van der Waals surface area (Å²) in [5, 5.41) is 0. The average Bonchev–Trinajstić information content (AvgIpc) is 3.44. The quantitative estimate of drug-likeness (QED) is 0.412. The Morgan fingerprint density at radius 3 is 2.94 bits per heavy atom. The molecule has 1 saturated carbocycles. The highest BCUT2D eigenvalue weighted by atomic mass is 16.5. The monoisotopic (exact) mass is 453 g/mol. The molecular formula is C31H35NO2. The van der Waals surface area contributed by atoms with Crippen LogP contribution >= 0.6 is 0 Å². The summed E-state index contributed by atoms with van der Waals surface area (Å²) in [5.41, 5.74) is 8.24. The Morgan fingerprint density at radius 1 is 1.21 bits per heavy atom. The summed E-state index contributed by atoms with van der Waals surface area (Å²) >= 11 is 0. The average molecular weight is 454 g/mol. The van der Waals surface area contributed by atoms with E-state index in [0.29, 0.717) is 43.0 Å². The number of nitrogens with zero attached hydrogens (tertiary/aromatic N) is 1. The zero-order chi connectivity index (χ0) is 23.7. The van der Waals surface area contributed by atoms with Gasteiger partial charge in [-0.15, -0.1) is 0 Å². The van der Waals surface area contributed by atoms with Crippen molar-refractivity contribution in [3.63, 3.8) is 0 Å². The second-order valence-corrected chi connectivity index (χ2v) is 10.4. The fourth-order valence-electron chi connectivity index (χ4n) is 6.08. The Morgan fingerprint density at radius 2 is 2.09 bits per heavy atom. The van der Waals surface area contributed by atoms with Crippen molar-refractivity contribution in [3.8, 4) is 5.75 Å². The molecule has 0 bridgehead atoms. The van der Waals surface area contributed by atoms with Gasteiger partial charge in [-0.2, -0.15) is 0 Å². The number of hydrogen-bond acceptors (Lipinski definition) is 3. The molecule has 0 amide bonds. The lowest BCUT2D eigenvalue weighted by Crippen LogP contribution is -2.22. The van der Waals surface area contributed by atoms with Gasteiger partial charge in [-0.3, -0.25) is 9.79 Å². The highest BCUT2D eigenvalue weighted by Crippen LogP contribution is 2.46. The molecule has 5 rings (SSSR count). The number of Topliss-reactive ketones (excluding diaryl/α,β-unsaturated/α-hetero) is 1. The predicted molar refractivity (Wildman–Crippen MR) is 141 cm³/mol. The number of hydrogen-bond donors (Lipinski definition) is 0. The minimum atomic E-state index is 0.386. The van der Waals surface area contributed by atoms with E-state index in [1.165, 1.54) is 42.4 Å². The van der Waals surface area contributed by atoms with E-state index in [1.807, 2.05) is 12.1 Å². The number of fused-ring (bicyclic) bond motifs is 2. The molecule has 0 radical (unpaired) electrons. The second kappa shape index (κ2) is 9.74. The largest absolute Gasteiger partial charge is 0.488 e. The maximum absolute atomic E-state index is 12.7.